The molecule has 1 amide bonds. The monoisotopic (exact) mass is 285 g/mol. The Morgan fingerprint density at radius 1 is 1.47 bits per heavy atom. The summed E-state index contributed by atoms with van der Waals surface area (Å²) in [4.78, 5) is 42.1. The summed E-state index contributed by atoms with van der Waals surface area (Å²) in [7, 11) is 2.73. The SMILES string of the molecule is COC(=O)CN(C)C(=O)c1c(SC)nc(=O)[nH]c1C. The van der Waals surface area contributed by atoms with Crippen molar-refractivity contribution >= 4 is 23.6 Å². The van der Waals surface area contributed by atoms with Crippen LogP contribution >= 0.6 is 11.8 Å². The Morgan fingerprint density at radius 2 is 2.11 bits per heavy atom. The molecule has 1 aromatic rings. The molecule has 0 bridgehead atoms. The van der Waals surface area contributed by atoms with Crippen LogP contribution in [0.1, 0.15) is 16.1 Å². The van der Waals surface area contributed by atoms with Crippen molar-refractivity contribution in [1.29, 1.82) is 0 Å². The molecule has 0 radical (unpaired) electrons. The van der Waals surface area contributed by atoms with E-state index >= 15 is 0 Å². The standard InChI is InChI=1S/C11H15N3O4S/c1-6-8(9(19-4)13-11(17)12-6)10(16)14(2)5-7(15)18-3/h5H2,1-4H3,(H,12,13,17). The molecule has 0 fully saturated rings. The van der Waals surface area contributed by atoms with E-state index in [-0.39, 0.29) is 6.54 Å². The van der Waals surface area contributed by atoms with E-state index in [4.69, 9.17) is 0 Å². The third-order valence-corrected chi connectivity index (χ3v) is 3.12. The van der Waals surface area contributed by atoms with Gasteiger partial charge in [-0.15, -0.1) is 11.8 Å². The van der Waals surface area contributed by atoms with Gasteiger partial charge in [0, 0.05) is 12.7 Å². The zero-order valence-corrected chi connectivity index (χ0v) is 12.0. The first-order valence-electron chi connectivity index (χ1n) is 5.37. The molecule has 0 aliphatic rings. The molecule has 0 saturated heterocycles. The second kappa shape index (κ2) is 6.37. The maximum Gasteiger partial charge on any atom is 0.346 e. The molecule has 7 nitrogen and oxygen atoms in total. The minimum Gasteiger partial charge on any atom is -0.468 e. The fourth-order valence-electron chi connectivity index (χ4n) is 1.48. The number of aryl methyl sites for hydroxylation is 1. The van der Waals surface area contributed by atoms with E-state index < -0.39 is 17.6 Å². The van der Waals surface area contributed by atoms with Crippen LogP contribution in [0.2, 0.25) is 0 Å². The Labute approximate surface area is 114 Å². The number of hydrogen-bond donors (Lipinski definition) is 1. The minimum absolute atomic E-state index is 0.165. The van der Waals surface area contributed by atoms with Gasteiger partial charge in [0.2, 0.25) is 0 Å². The van der Waals surface area contributed by atoms with Gasteiger partial charge in [-0.05, 0) is 13.2 Å². The van der Waals surface area contributed by atoms with Gasteiger partial charge >= 0.3 is 11.7 Å². The molecular weight excluding hydrogens is 270 g/mol. The maximum absolute atomic E-state index is 12.3. The van der Waals surface area contributed by atoms with E-state index in [1.54, 1.807) is 13.2 Å². The van der Waals surface area contributed by atoms with Crippen molar-refractivity contribution in [3.8, 4) is 0 Å². The molecule has 1 rings (SSSR count). The quantitative estimate of drug-likeness (QED) is 0.477. The molecule has 104 valence electrons. The van der Waals surface area contributed by atoms with E-state index in [1.165, 1.54) is 30.8 Å². The van der Waals surface area contributed by atoms with Crippen molar-refractivity contribution in [2.45, 2.75) is 11.9 Å². The topological polar surface area (TPSA) is 92.4 Å². The van der Waals surface area contributed by atoms with Gasteiger partial charge in [0.15, 0.2) is 0 Å². The lowest BCUT2D eigenvalue weighted by molar-refractivity contribution is -0.141. The number of hydrogen-bond acceptors (Lipinski definition) is 6. The van der Waals surface area contributed by atoms with Crippen LogP contribution in [-0.4, -0.2) is 53.7 Å². The average molecular weight is 285 g/mol. The highest BCUT2D eigenvalue weighted by atomic mass is 32.2. The van der Waals surface area contributed by atoms with E-state index in [0.29, 0.717) is 16.3 Å². The number of rotatable bonds is 4. The van der Waals surface area contributed by atoms with Gasteiger partial charge in [0.05, 0.1) is 12.7 Å². The molecule has 0 atom stereocenters. The summed E-state index contributed by atoms with van der Waals surface area (Å²) in [5.41, 5.74) is 0.207. The molecule has 0 aromatic carbocycles. The van der Waals surface area contributed by atoms with Crippen molar-refractivity contribution in [3.63, 3.8) is 0 Å². The number of ether oxygens (including phenoxy) is 1. The second-order valence-corrected chi connectivity index (χ2v) is 4.58. The summed E-state index contributed by atoms with van der Waals surface area (Å²) in [6.07, 6.45) is 1.72. The Balaban J connectivity index is 3.12. The van der Waals surface area contributed by atoms with E-state index in [2.05, 4.69) is 14.7 Å². The van der Waals surface area contributed by atoms with Crippen LogP contribution in [0, 0.1) is 6.92 Å². The van der Waals surface area contributed by atoms with E-state index in [9.17, 15) is 14.4 Å². The number of carbonyl (C=O) groups is 2. The molecular formula is C11H15N3O4S. The average Bonchev–Trinajstić information content (AvgIpc) is 2.36. The number of aromatic nitrogens is 2. The summed E-state index contributed by atoms with van der Waals surface area (Å²) in [6, 6.07) is 0. The molecule has 1 heterocycles. The number of carbonyl (C=O) groups excluding carboxylic acids is 2. The van der Waals surface area contributed by atoms with Crippen molar-refractivity contribution < 1.29 is 14.3 Å². The lowest BCUT2D eigenvalue weighted by atomic mass is 10.2. The van der Waals surface area contributed by atoms with Crippen LogP contribution in [0.25, 0.3) is 0 Å². The molecule has 0 aliphatic heterocycles. The second-order valence-electron chi connectivity index (χ2n) is 3.79. The first-order valence-corrected chi connectivity index (χ1v) is 6.60. The fraction of sp³-hybridized carbons (Fsp3) is 0.455. The predicted octanol–water partition coefficient (Wildman–Crippen LogP) is 0.0452. The highest BCUT2D eigenvalue weighted by Crippen LogP contribution is 2.19. The zero-order chi connectivity index (χ0) is 14.6. The normalized spacial score (nSPS) is 10.1. The van der Waals surface area contributed by atoms with E-state index in [1.807, 2.05) is 0 Å². The van der Waals surface area contributed by atoms with Gasteiger partial charge in [-0.25, -0.2) is 4.79 Å². The predicted molar refractivity (Wildman–Crippen MR) is 70.4 cm³/mol. The van der Waals surface area contributed by atoms with Crippen molar-refractivity contribution in [2.24, 2.45) is 0 Å². The molecule has 0 unspecified atom stereocenters. The third kappa shape index (κ3) is 3.57. The van der Waals surface area contributed by atoms with Crippen molar-refractivity contribution in [2.75, 3.05) is 27.0 Å². The largest absolute Gasteiger partial charge is 0.468 e. The van der Waals surface area contributed by atoms with Crippen LogP contribution in [0.4, 0.5) is 0 Å². The minimum atomic E-state index is -0.517. The van der Waals surface area contributed by atoms with Crippen LogP contribution in [0.5, 0.6) is 0 Å². The molecule has 0 spiro atoms. The van der Waals surface area contributed by atoms with Gasteiger partial charge in [-0.2, -0.15) is 4.98 Å². The number of nitrogens with one attached hydrogen (secondary N) is 1. The van der Waals surface area contributed by atoms with E-state index in [0.717, 1.165) is 0 Å². The summed E-state index contributed by atoms with van der Waals surface area (Å²) < 4.78 is 4.50. The zero-order valence-electron chi connectivity index (χ0n) is 11.1. The number of nitrogens with zero attached hydrogens (tertiary/aromatic N) is 2. The Hall–Kier alpha value is -1.83. The van der Waals surface area contributed by atoms with Crippen molar-refractivity contribution in [3.05, 3.63) is 21.7 Å². The van der Waals surface area contributed by atoms with Crippen LogP contribution in [-0.2, 0) is 9.53 Å². The lowest BCUT2D eigenvalue weighted by Crippen LogP contribution is -2.34. The van der Waals surface area contributed by atoms with Gasteiger partial charge in [0.25, 0.3) is 5.91 Å². The summed E-state index contributed by atoms with van der Waals surface area (Å²) >= 11 is 1.20. The summed E-state index contributed by atoms with van der Waals surface area (Å²) in [6.45, 7) is 1.45. The highest BCUT2D eigenvalue weighted by molar-refractivity contribution is 7.98. The molecule has 1 aromatic heterocycles. The highest BCUT2D eigenvalue weighted by Gasteiger charge is 2.22. The molecule has 1 N–H and O–H groups in total. The number of aromatic amines is 1. The number of methoxy groups -OCH3 is 1. The molecule has 0 saturated carbocycles. The summed E-state index contributed by atoms with van der Waals surface area (Å²) in [5, 5.41) is 0.336. The van der Waals surface area contributed by atoms with Gasteiger partial charge < -0.3 is 14.6 Å². The molecule has 19 heavy (non-hydrogen) atoms. The number of likely N-dealkylation sites (N-methyl/N-ethyl adjacent to an activating group) is 1. The smallest absolute Gasteiger partial charge is 0.346 e. The number of H-pyrrole nitrogens is 1. The first kappa shape index (κ1) is 15.2. The Bertz CT molecular complexity index is 555. The number of thioether (sulfide) groups is 1. The van der Waals surface area contributed by atoms with Gasteiger partial charge in [-0.3, -0.25) is 9.59 Å². The molecule has 8 heteroatoms. The number of esters is 1. The Kier molecular flexibility index (Phi) is 5.11. The summed E-state index contributed by atoms with van der Waals surface area (Å²) in [5.74, 6) is -0.910. The molecule has 0 aliphatic carbocycles. The van der Waals surface area contributed by atoms with Crippen LogP contribution in [0.15, 0.2) is 9.82 Å². The van der Waals surface area contributed by atoms with Crippen LogP contribution in [0.3, 0.4) is 0 Å². The van der Waals surface area contributed by atoms with Gasteiger partial charge in [0.1, 0.15) is 11.6 Å². The number of amides is 1. The maximum atomic E-state index is 12.3. The van der Waals surface area contributed by atoms with Crippen molar-refractivity contribution in [1.82, 2.24) is 14.9 Å². The first-order chi connectivity index (χ1) is 8.90. The fourth-order valence-corrected chi connectivity index (χ4v) is 2.10. The van der Waals surface area contributed by atoms with Gasteiger partial charge in [-0.1, -0.05) is 0 Å². The Morgan fingerprint density at radius 3 is 2.63 bits per heavy atom. The third-order valence-electron chi connectivity index (χ3n) is 2.43. The van der Waals surface area contributed by atoms with Crippen LogP contribution < -0.4 is 5.69 Å². The lowest BCUT2D eigenvalue weighted by Gasteiger charge is -2.17.